The Morgan fingerprint density at radius 2 is 1.83 bits per heavy atom. The molecule has 2 aliphatic carbocycles. The maximum atomic E-state index is 13.0. The number of rotatable bonds is 4. The highest BCUT2D eigenvalue weighted by Crippen LogP contribution is 2.37. The molecule has 2 aliphatic rings. The average molecular weight is 276 g/mol. The zero-order valence-corrected chi connectivity index (χ0v) is 10.9. The van der Waals surface area contributed by atoms with E-state index in [0.717, 1.165) is 12.8 Å². The van der Waals surface area contributed by atoms with E-state index < -0.39 is 5.92 Å². The highest BCUT2D eigenvalue weighted by atomic mass is 32.1. The van der Waals surface area contributed by atoms with Gasteiger partial charge < -0.3 is 11.1 Å². The highest BCUT2D eigenvalue weighted by Gasteiger charge is 2.39. The van der Waals surface area contributed by atoms with Crippen LogP contribution in [0.4, 0.5) is 8.78 Å². The maximum absolute atomic E-state index is 13.0. The first-order valence-electron chi connectivity index (χ1n) is 6.36. The van der Waals surface area contributed by atoms with Crippen LogP contribution in [0.3, 0.4) is 0 Å². The number of amides is 1. The Hall–Kier alpha value is -0.780. The summed E-state index contributed by atoms with van der Waals surface area (Å²) in [5, 5.41) is 2.83. The molecule has 0 aromatic carbocycles. The summed E-state index contributed by atoms with van der Waals surface area (Å²) < 4.78 is 26.0. The van der Waals surface area contributed by atoms with Gasteiger partial charge >= 0.3 is 0 Å². The second kappa shape index (κ2) is 5.07. The number of carbonyl (C=O) groups is 1. The van der Waals surface area contributed by atoms with Gasteiger partial charge in [0.05, 0.1) is 11.0 Å². The molecule has 2 rings (SSSR count). The van der Waals surface area contributed by atoms with Crippen molar-refractivity contribution >= 4 is 23.1 Å². The van der Waals surface area contributed by atoms with Crippen molar-refractivity contribution in [1.82, 2.24) is 5.32 Å². The minimum Gasteiger partial charge on any atom is -0.392 e. The molecule has 3 N–H and O–H groups in total. The molecule has 3 nitrogen and oxygen atoms in total. The topological polar surface area (TPSA) is 55.1 Å². The first-order chi connectivity index (χ1) is 8.39. The van der Waals surface area contributed by atoms with Gasteiger partial charge in [0.1, 0.15) is 0 Å². The molecule has 0 heterocycles. The van der Waals surface area contributed by atoms with Crippen molar-refractivity contribution in [3.63, 3.8) is 0 Å². The summed E-state index contributed by atoms with van der Waals surface area (Å²) in [6, 6.07) is -0.255. The first-order valence-corrected chi connectivity index (χ1v) is 6.77. The molecule has 18 heavy (non-hydrogen) atoms. The number of hydrogen-bond donors (Lipinski definition) is 2. The van der Waals surface area contributed by atoms with Gasteiger partial charge in [-0.2, -0.15) is 0 Å². The summed E-state index contributed by atoms with van der Waals surface area (Å²) in [6.07, 6.45) is 2.12. The Morgan fingerprint density at radius 1 is 1.28 bits per heavy atom. The smallest absolute Gasteiger partial charge is 0.248 e. The lowest BCUT2D eigenvalue weighted by molar-refractivity contribution is -0.129. The maximum Gasteiger partial charge on any atom is 0.248 e. The summed E-state index contributed by atoms with van der Waals surface area (Å²) in [5.41, 5.74) is 5.60. The van der Waals surface area contributed by atoms with Crippen molar-refractivity contribution in [2.24, 2.45) is 17.6 Å². The SMILES string of the molecule is NC(=S)C(NC(=O)C1CCC(F)(F)CC1)C1CC1. The predicted molar refractivity (Wildman–Crippen MR) is 68.3 cm³/mol. The third kappa shape index (κ3) is 3.37. The molecule has 2 fully saturated rings. The first kappa shape index (κ1) is 13.6. The van der Waals surface area contributed by atoms with Crippen LogP contribution >= 0.6 is 12.2 Å². The van der Waals surface area contributed by atoms with E-state index in [4.69, 9.17) is 18.0 Å². The number of halogens is 2. The van der Waals surface area contributed by atoms with Crippen LogP contribution < -0.4 is 11.1 Å². The van der Waals surface area contributed by atoms with Gasteiger partial charge in [0, 0.05) is 18.8 Å². The molecule has 102 valence electrons. The molecule has 2 saturated carbocycles. The average Bonchev–Trinajstić information content (AvgIpc) is 3.08. The predicted octanol–water partition coefficient (Wildman–Crippen LogP) is 1.99. The van der Waals surface area contributed by atoms with Crippen LogP contribution in [0.15, 0.2) is 0 Å². The quantitative estimate of drug-likeness (QED) is 0.772. The van der Waals surface area contributed by atoms with Crippen molar-refractivity contribution < 1.29 is 13.6 Å². The fourth-order valence-corrected chi connectivity index (χ4v) is 2.68. The third-order valence-corrected chi connectivity index (χ3v) is 4.04. The van der Waals surface area contributed by atoms with Crippen molar-refractivity contribution in [2.45, 2.75) is 50.5 Å². The largest absolute Gasteiger partial charge is 0.392 e. The molecular formula is C12H18F2N2OS. The van der Waals surface area contributed by atoms with Gasteiger partial charge in [-0.15, -0.1) is 0 Å². The zero-order valence-electron chi connectivity index (χ0n) is 10.1. The van der Waals surface area contributed by atoms with Crippen LogP contribution in [0.25, 0.3) is 0 Å². The van der Waals surface area contributed by atoms with Crippen molar-refractivity contribution in [2.75, 3.05) is 0 Å². The summed E-state index contributed by atoms with van der Waals surface area (Å²) >= 11 is 4.93. The summed E-state index contributed by atoms with van der Waals surface area (Å²) in [4.78, 5) is 12.3. The van der Waals surface area contributed by atoms with Gasteiger partial charge in [-0.05, 0) is 31.6 Å². The fourth-order valence-electron chi connectivity index (χ4n) is 2.42. The van der Waals surface area contributed by atoms with Gasteiger partial charge in [-0.25, -0.2) is 8.78 Å². The van der Waals surface area contributed by atoms with E-state index in [9.17, 15) is 13.6 Å². The van der Waals surface area contributed by atoms with Gasteiger partial charge in [-0.3, -0.25) is 4.79 Å². The summed E-state index contributed by atoms with van der Waals surface area (Å²) in [7, 11) is 0. The van der Waals surface area contributed by atoms with Crippen LogP contribution in [-0.2, 0) is 4.79 Å². The van der Waals surface area contributed by atoms with E-state index in [1.54, 1.807) is 0 Å². The number of alkyl halides is 2. The van der Waals surface area contributed by atoms with E-state index >= 15 is 0 Å². The molecule has 0 aromatic heterocycles. The number of nitrogens with one attached hydrogen (secondary N) is 1. The van der Waals surface area contributed by atoms with Crippen LogP contribution in [0.2, 0.25) is 0 Å². The summed E-state index contributed by atoms with van der Waals surface area (Å²) in [5.74, 6) is -2.75. The molecule has 1 atom stereocenters. The minimum atomic E-state index is -2.60. The monoisotopic (exact) mass is 276 g/mol. The van der Waals surface area contributed by atoms with E-state index in [2.05, 4.69) is 5.32 Å². The molecule has 1 unspecified atom stereocenters. The number of carbonyl (C=O) groups excluding carboxylic acids is 1. The molecule has 0 aliphatic heterocycles. The van der Waals surface area contributed by atoms with E-state index in [0.29, 0.717) is 10.9 Å². The summed E-state index contributed by atoms with van der Waals surface area (Å²) in [6.45, 7) is 0. The van der Waals surface area contributed by atoms with Gasteiger partial charge in [0.2, 0.25) is 11.8 Å². The minimum absolute atomic E-state index is 0.171. The lowest BCUT2D eigenvalue weighted by atomic mass is 9.86. The Morgan fingerprint density at radius 3 is 2.28 bits per heavy atom. The van der Waals surface area contributed by atoms with Gasteiger partial charge in [0.25, 0.3) is 0 Å². The Balaban J connectivity index is 1.86. The van der Waals surface area contributed by atoms with Crippen LogP contribution in [0, 0.1) is 11.8 Å². The van der Waals surface area contributed by atoms with E-state index in [-0.39, 0.29) is 43.6 Å². The fraction of sp³-hybridized carbons (Fsp3) is 0.833. The van der Waals surface area contributed by atoms with Crippen molar-refractivity contribution in [1.29, 1.82) is 0 Å². The number of hydrogen-bond acceptors (Lipinski definition) is 2. The molecule has 0 bridgehead atoms. The molecule has 1 amide bonds. The van der Waals surface area contributed by atoms with Gasteiger partial charge in [-0.1, -0.05) is 12.2 Å². The van der Waals surface area contributed by atoms with E-state index in [1.165, 1.54) is 0 Å². The van der Waals surface area contributed by atoms with Crippen LogP contribution in [-0.4, -0.2) is 22.9 Å². The molecule has 0 spiro atoms. The highest BCUT2D eigenvalue weighted by molar-refractivity contribution is 7.80. The lowest BCUT2D eigenvalue weighted by Crippen LogP contribution is -2.48. The molecule has 0 aromatic rings. The lowest BCUT2D eigenvalue weighted by Gasteiger charge is -2.28. The van der Waals surface area contributed by atoms with Crippen LogP contribution in [0.1, 0.15) is 38.5 Å². The molecule has 6 heteroatoms. The number of nitrogens with two attached hydrogens (primary N) is 1. The number of thiocarbonyl (C=S) groups is 1. The third-order valence-electron chi connectivity index (χ3n) is 3.79. The van der Waals surface area contributed by atoms with E-state index in [1.807, 2.05) is 0 Å². The van der Waals surface area contributed by atoms with Crippen LogP contribution in [0.5, 0.6) is 0 Å². The molecular weight excluding hydrogens is 258 g/mol. The van der Waals surface area contributed by atoms with Crippen molar-refractivity contribution in [3.8, 4) is 0 Å². The standard InChI is InChI=1S/C12H18F2N2OS/c13-12(14)5-3-8(4-6-12)11(17)16-9(10(15)18)7-1-2-7/h7-9H,1-6H2,(H2,15,18)(H,16,17). The van der Waals surface area contributed by atoms with Gasteiger partial charge in [0.15, 0.2) is 0 Å². The zero-order chi connectivity index (χ0) is 13.3. The normalized spacial score (nSPS) is 25.4. The van der Waals surface area contributed by atoms with Crippen molar-refractivity contribution in [3.05, 3.63) is 0 Å². The molecule has 0 radical (unpaired) electrons. The second-order valence-corrected chi connectivity index (χ2v) is 5.83. The Bertz CT molecular complexity index is 348. The molecule has 0 saturated heterocycles. The Kier molecular flexibility index (Phi) is 3.84. The second-order valence-electron chi connectivity index (χ2n) is 5.36. The Labute approximate surface area is 110 Å².